The summed E-state index contributed by atoms with van der Waals surface area (Å²) in [4.78, 5) is 5.08. The van der Waals surface area contributed by atoms with Gasteiger partial charge in [-0.2, -0.15) is 0 Å². The summed E-state index contributed by atoms with van der Waals surface area (Å²) in [5.41, 5.74) is 10.3. The molecule has 0 bridgehead atoms. The van der Waals surface area contributed by atoms with E-state index in [4.69, 9.17) is 5.73 Å². The van der Waals surface area contributed by atoms with Crippen molar-refractivity contribution in [2.45, 2.75) is 33.7 Å². The van der Waals surface area contributed by atoms with Gasteiger partial charge in [-0.1, -0.05) is 32.0 Å². The first-order valence-electron chi connectivity index (χ1n) is 8.23. The number of nitrogens with two attached hydrogens (primary N) is 1. The summed E-state index contributed by atoms with van der Waals surface area (Å²) < 4.78 is 0. The molecule has 0 spiro atoms. The molecule has 3 heteroatoms. The minimum Gasteiger partial charge on any atom is -0.323 e. The van der Waals surface area contributed by atoms with Gasteiger partial charge in [0.1, 0.15) is 0 Å². The van der Waals surface area contributed by atoms with E-state index in [-0.39, 0.29) is 6.04 Å². The zero-order valence-corrected chi connectivity index (χ0v) is 14.1. The predicted octanol–water partition coefficient (Wildman–Crippen LogP) is 2.58. The molecule has 21 heavy (non-hydrogen) atoms. The number of piperazine rings is 1. The Kier molecular flexibility index (Phi) is 5.80. The van der Waals surface area contributed by atoms with Crippen molar-refractivity contribution in [1.29, 1.82) is 0 Å². The molecule has 0 amide bonds. The average Bonchev–Trinajstić information content (AvgIpc) is 2.43. The third kappa shape index (κ3) is 4.80. The maximum Gasteiger partial charge on any atom is 0.0424 e. The van der Waals surface area contributed by atoms with Crippen LogP contribution in [-0.4, -0.2) is 49.1 Å². The Balaban J connectivity index is 1.84. The second kappa shape index (κ2) is 7.39. The first-order chi connectivity index (χ1) is 9.95. The molecule has 2 N–H and O–H groups in total. The average molecular weight is 289 g/mol. The van der Waals surface area contributed by atoms with Gasteiger partial charge in [-0.05, 0) is 36.5 Å². The fourth-order valence-corrected chi connectivity index (χ4v) is 3.05. The highest BCUT2D eigenvalue weighted by atomic mass is 15.3. The maximum absolute atomic E-state index is 6.40. The van der Waals surface area contributed by atoms with E-state index in [0.29, 0.717) is 0 Å². The summed E-state index contributed by atoms with van der Waals surface area (Å²) in [5, 5.41) is 0. The van der Waals surface area contributed by atoms with Crippen molar-refractivity contribution in [1.82, 2.24) is 9.80 Å². The van der Waals surface area contributed by atoms with Gasteiger partial charge >= 0.3 is 0 Å². The third-order valence-corrected chi connectivity index (χ3v) is 4.50. The van der Waals surface area contributed by atoms with Crippen LogP contribution in [0.4, 0.5) is 0 Å². The number of aryl methyl sites for hydroxylation is 2. The van der Waals surface area contributed by atoms with Gasteiger partial charge in [0, 0.05) is 45.3 Å². The summed E-state index contributed by atoms with van der Waals surface area (Å²) in [7, 11) is 0. The summed E-state index contributed by atoms with van der Waals surface area (Å²) in [5.74, 6) is 0.759. The van der Waals surface area contributed by atoms with Crippen LogP contribution in [0.5, 0.6) is 0 Å². The Morgan fingerprint density at radius 2 is 1.52 bits per heavy atom. The lowest BCUT2D eigenvalue weighted by Gasteiger charge is -2.36. The van der Waals surface area contributed by atoms with Gasteiger partial charge in [0.05, 0.1) is 0 Å². The molecule has 1 aromatic rings. The lowest BCUT2D eigenvalue weighted by molar-refractivity contribution is 0.117. The zero-order chi connectivity index (χ0) is 15.4. The van der Waals surface area contributed by atoms with Crippen molar-refractivity contribution in [2.24, 2.45) is 11.7 Å². The molecular formula is C18H31N3. The Morgan fingerprint density at radius 1 is 0.952 bits per heavy atom. The molecule has 3 nitrogen and oxygen atoms in total. The van der Waals surface area contributed by atoms with E-state index in [1.165, 1.54) is 36.3 Å². The molecule has 118 valence electrons. The van der Waals surface area contributed by atoms with Crippen molar-refractivity contribution in [2.75, 3.05) is 39.3 Å². The number of nitrogens with zero attached hydrogens (tertiary/aromatic N) is 2. The first-order valence-corrected chi connectivity index (χ1v) is 8.23. The van der Waals surface area contributed by atoms with Crippen LogP contribution in [0.3, 0.4) is 0 Å². The quantitative estimate of drug-likeness (QED) is 0.904. The van der Waals surface area contributed by atoms with Crippen LogP contribution in [0, 0.1) is 19.8 Å². The molecule has 1 aromatic carbocycles. The summed E-state index contributed by atoms with van der Waals surface area (Å²) in [6, 6.07) is 6.74. The lowest BCUT2D eigenvalue weighted by Crippen LogP contribution is -2.49. The molecule has 0 aliphatic carbocycles. The fraction of sp³-hybridized carbons (Fsp3) is 0.667. The van der Waals surface area contributed by atoms with Crippen molar-refractivity contribution < 1.29 is 0 Å². The van der Waals surface area contributed by atoms with Crippen LogP contribution in [0.1, 0.15) is 36.6 Å². The highest BCUT2D eigenvalue weighted by Gasteiger charge is 2.19. The second-order valence-electron chi connectivity index (χ2n) is 6.95. The summed E-state index contributed by atoms with van der Waals surface area (Å²) in [6.45, 7) is 15.7. The molecule has 0 saturated carbocycles. The van der Waals surface area contributed by atoms with Crippen molar-refractivity contribution in [3.8, 4) is 0 Å². The largest absolute Gasteiger partial charge is 0.323 e. The number of hydrogen-bond donors (Lipinski definition) is 1. The first kappa shape index (κ1) is 16.5. The third-order valence-electron chi connectivity index (χ3n) is 4.50. The van der Waals surface area contributed by atoms with Crippen molar-refractivity contribution >= 4 is 0 Å². The van der Waals surface area contributed by atoms with Gasteiger partial charge in [0.15, 0.2) is 0 Å². The second-order valence-corrected chi connectivity index (χ2v) is 6.95. The maximum atomic E-state index is 6.40. The molecular weight excluding hydrogens is 258 g/mol. The molecule has 0 aromatic heterocycles. The minimum atomic E-state index is 0.126. The van der Waals surface area contributed by atoms with Crippen molar-refractivity contribution in [3.63, 3.8) is 0 Å². The van der Waals surface area contributed by atoms with Crippen LogP contribution >= 0.6 is 0 Å². The molecule has 1 atom stereocenters. The lowest BCUT2D eigenvalue weighted by atomic mass is 10.0. The van der Waals surface area contributed by atoms with E-state index in [0.717, 1.165) is 25.6 Å². The molecule has 1 aliphatic rings. The standard InChI is InChI=1S/C18H31N3/c1-14(2)12-20-7-9-21(10-8-20)13-18(19)17-6-5-15(3)16(4)11-17/h5-6,11,14,18H,7-10,12-13,19H2,1-4H3. The van der Waals surface area contributed by atoms with Gasteiger partial charge in [-0.25, -0.2) is 0 Å². The molecule has 1 fully saturated rings. The van der Waals surface area contributed by atoms with E-state index in [1.807, 2.05) is 0 Å². The van der Waals surface area contributed by atoms with Gasteiger partial charge in [-0.3, -0.25) is 4.90 Å². The predicted molar refractivity (Wildman–Crippen MR) is 90.6 cm³/mol. The SMILES string of the molecule is Cc1ccc(C(N)CN2CCN(CC(C)C)CC2)cc1C. The zero-order valence-electron chi connectivity index (χ0n) is 14.1. The van der Waals surface area contributed by atoms with Gasteiger partial charge < -0.3 is 10.6 Å². The fourth-order valence-electron chi connectivity index (χ4n) is 3.05. The Hall–Kier alpha value is -0.900. The smallest absolute Gasteiger partial charge is 0.0424 e. The van der Waals surface area contributed by atoms with Gasteiger partial charge in [0.2, 0.25) is 0 Å². The molecule has 2 rings (SSSR count). The van der Waals surface area contributed by atoms with E-state index in [9.17, 15) is 0 Å². The topological polar surface area (TPSA) is 32.5 Å². The van der Waals surface area contributed by atoms with Gasteiger partial charge in [-0.15, -0.1) is 0 Å². The molecule has 0 radical (unpaired) electrons. The van der Waals surface area contributed by atoms with Crippen molar-refractivity contribution in [3.05, 3.63) is 34.9 Å². The highest BCUT2D eigenvalue weighted by Crippen LogP contribution is 2.17. The van der Waals surface area contributed by atoms with Crippen LogP contribution < -0.4 is 5.73 Å². The van der Waals surface area contributed by atoms with Crippen LogP contribution in [0.25, 0.3) is 0 Å². The Labute approximate surface area is 130 Å². The normalized spacial score (nSPS) is 19.1. The molecule has 1 aliphatic heterocycles. The van der Waals surface area contributed by atoms with Crippen LogP contribution in [-0.2, 0) is 0 Å². The molecule has 1 heterocycles. The van der Waals surface area contributed by atoms with Crippen LogP contribution in [0.2, 0.25) is 0 Å². The molecule has 1 unspecified atom stereocenters. The van der Waals surface area contributed by atoms with E-state index in [1.54, 1.807) is 0 Å². The summed E-state index contributed by atoms with van der Waals surface area (Å²) >= 11 is 0. The summed E-state index contributed by atoms with van der Waals surface area (Å²) in [6.07, 6.45) is 0. The van der Waals surface area contributed by atoms with E-state index in [2.05, 4.69) is 55.7 Å². The Bertz CT molecular complexity index is 448. The molecule has 1 saturated heterocycles. The number of rotatable bonds is 5. The van der Waals surface area contributed by atoms with E-state index >= 15 is 0 Å². The van der Waals surface area contributed by atoms with Gasteiger partial charge in [0.25, 0.3) is 0 Å². The monoisotopic (exact) mass is 289 g/mol. The Morgan fingerprint density at radius 3 is 2.05 bits per heavy atom. The van der Waals surface area contributed by atoms with Crippen LogP contribution in [0.15, 0.2) is 18.2 Å². The highest BCUT2D eigenvalue weighted by molar-refractivity contribution is 5.31. The van der Waals surface area contributed by atoms with E-state index < -0.39 is 0 Å². The number of benzene rings is 1. The minimum absolute atomic E-state index is 0.126. The number of hydrogen-bond acceptors (Lipinski definition) is 3.